The quantitative estimate of drug-likeness (QED) is 0.521. The number of rotatable bonds is 8. The lowest BCUT2D eigenvalue weighted by molar-refractivity contribution is -0.136. The van der Waals surface area contributed by atoms with Crippen LogP contribution >= 0.6 is 0 Å². The van der Waals surface area contributed by atoms with Gasteiger partial charge in [0.25, 0.3) is 0 Å². The first kappa shape index (κ1) is 14.3. The van der Waals surface area contributed by atoms with E-state index in [1.165, 1.54) is 0 Å². The highest BCUT2D eigenvalue weighted by atomic mass is 16.5. The molecule has 1 aliphatic heterocycles. The van der Waals surface area contributed by atoms with E-state index in [1.807, 2.05) is 6.92 Å². The molecule has 6 nitrogen and oxygen atoms in total. The molecule has 1 aliphatic carbocycles. The number of ether oxygens (including phenoxy) is 1. The smallest absolute Gasteiger partial charge is 0.246 e. The molecule has 1 heterocycles. The van der Waals surface area contributed by atoms with Gasteiger partial charge in [0.15, 0.2) is 0 Å². The fourth-order valence-electron chi connectivity index (χ4n) is 1.87. The number of hydrogen-bond donors (Lipinski definition) is 3. The van der Waals surface area contributed by atoms with E-state index in [9.17, 15) is 9.59 Å². The molecule has 2 fully saturated rings. The number of amides is 2. The van der Waals surface area contributed by atoms with E-state index in [1.54, 1.807) is 0 Å². The van der Waals surface area contributed by atoms with Crippen molar-refractivity contribution in [2.45, 2.75) is 44.2 Å². The van der Waals surface area contributed by atoms with Crippen molar-refractivity contribution in [1.82, 2.24) is 16.0 Å². The molecule has 1 saturated heterocycles. The van der Waals surface area contributed by atoms with E-state index < -0.39 is 0 Å². The fraction of sp³-hybridized carbons (Fsp3) is 0.846. The van der Waals surface area contributed by atoms with Crippen molar-refractivity contribution in [2.24, 2.45) is 0 Å². The Kier molecular flexibility index (Phi) is 4.76. The van der Waals surface area contributed by atoms with Crippen molar-refractivity contribution >= 4 is 11.8 Å². The highest BCUT2D eigenvalue weighted by Gasteiger charge is 2.32. The first-order valence-corrected chi connectivity index (χ1v) is 6.98. The lowest BCUT2D eigenvalue weighted by atomic mass is 10.0. The van der Waals surface area contributed by atoms with Gasteiger partial charge >= 0.3 is 0 Å². The number of carbonyl (C=O) groups excluding carboxylic acids is 2. The standard InChI is InChI=1S/C13H23N3O3/c1-13(8-14-9-13)19-7-12(18)15-6-2-3-11(17)16-10-4-5-10/h10,14H,2-9H2,1H3,(H,15,18)(H,16,17). The molecule has 0 radical (unpaired) electrons. The molecule has 19 heavy (non-hydrogen) atoms. The summed E-state index contributed by atoms with van der Waals surface area (Å²) in [6, 6.07) is 0.410. The Hall–Kier alpha value is -1.14. The zero-order chi connectivity index (χ0) is 13.7. The Labute approximate surface area is 113 Å². The first-order valence-electron chi connectivity index (χ1n) is 6.98. The lowest BCUT2D eigenvalue weighted by Crippen LogP contribution is -2.59. The first-order chi connectivity index (χ1) is 9.07. The van der Waals surface area contributed by atoms with E-state index in [0.29, 0.717) is 25.4 Å². The molecule has 0 unspecified atom stereocenters. The maximum atomic E-state index is 11.5. The monoisotopic (exact) mass is 269 g/mol. The van der Waals surface area contributed by atoms with E-state index in [-0.39, 0.29) is 24.0 Å². The molecule has 0 bridgehead atoms. The average Bonchev–Trinajstić information content (AvgIpc) is 3.13. The third-order valence-corrected chi connectivity index (χ3v) is 3.39. The van der Waals surface area contributed by atoms with Gasteiger partial charge in [-0.05, 0) is 26.2 Å². The van der Waals surface area contributed by atoms with Crippen LogP contribution in [0.5, 0.6) is 0 Å². The fourth-order valence-corrected chi connectivity index (χ4v) is 1.87. The molecular weight excluding hydrogens is 246 g/mol. The molecule has 108 valence electrons. The van der Waals surface area contributed by atoms with Gasteiger partial charge in [-0.25, -0.2) is 0 Å². The summed E-state index contributed by atoms with van der Waals surface area (Å²) in [7, 11) is 0. The Bertz CT molecular complexity index is 338. The summed E-state index contributed by atoms with van der Waals surface area (Å²) in [6.45, 7) is 4.18. The van der Waals surface area contributed by atoms with Crippen molar-refractivity contribution in [3.63, 3.8) is 0 Å². The second-order valence-corrected chi connectivity index (χ2v) is 5.64. The predicted octanol–water partition coefficient (Wildman–Crippen LogP) is -0.460. The molecular formula is C13H23N3O3. The largest absolute Gasteiger partial charge is 0.363 e. The molecule has 0 aromatic carbocycles. The van der Waals surface area contributed by atoms with Crippen LogP contribution in [0.2, 0.25) is 0 Å². The van der Waals surface area contributed by atoms with Crippen LogP contribution in [-0.2, 0) is 14.3 Å². The molecule has 0 atom stereocenters. The van der Waals surface area contributed by atoms with E-state index in [4.69, 9.17) is 4.74 Å². The van der Waals surface area contributed by atoms with Crippen LogP contribution in [-0.4, -0.2) is 49.7 Å². The molecule has 2 amide bonds. The van der Waals surface area contributed by atoms with E-state index in [0.717, 1.165) is 25.9 Å². The van der Waals surface area contributed by atoms with Gasteiger partial charge in [0.05, 0.1) is 5.60 Å². The van der Waals surface area contributed by atoms with Crippen molar-refractivity contribution < 1.29 is 14.3 Å². The third kappa shape index (κ3) is 5.16. The number of hydrogen-bond acceptors (Lipinski definition) is 4. The van der Waals surface area contributed by atoms with Gasteiger partial charge < -0.3 is 20.7 Å². The average molecular weight is 269 g/mol. The Morgan fingerprint density at radius 1 is 1.32 bits per heavy atom. The highest BCUT2D eigenvalue weighted by Crippen LogP contribution is 2.18. The maximum Gasteiger partial charge on any atom is 0.246 e. The molecule has 0 aromatic heterocycles. The molecule has 2 rings (SSSR count). The van der Waals surface area contributed by atoms with Crippen molar-refractivity contribution in [3.8, 4) is 0 Å². The number of carbonyl (C=O) groups is 2. The molecule has 1 saturated carbocycles. The van der Waals surface area contributed by atoms with Gasteiger partial charge in [0, 0.05) is 32.1 Å². The van der Waals surface area contributed by atoms with Gasteiger partial charge in [-0.3, -0.25) is 9.59 Å². The normalized spacial score (nSPS) is 20.5. The van der Waals surface area contributed by atoms with Crippen molar-refractivity contribution in [3.05, 3.63) is 0 Å². The number of nitrogens with one attached hydrogen (secondary N) is 3. The highest BCUT2D eigenvalue weighted by molar-refractivity contribution is 5.78. The molecule has 3 N–H and O–H groups in total. The maximum absolute atomic E-state index is 11.5. The molecule has 0 aromatic rings. The van der Waals surface area contributed by atoms with Crippen LogP contribution in [0.4, 0.5) is 0 Å². The lowest BCUT2D eigenvalue weighted by Gasteiger charge is -2.38. The summed E-state index contributed by atoms with van der Waals surface area (Å²) in [6.07, 6.45) is 3.35. The summed E-state index contributed by atoms with van der Waals surface area (Å²) in [5, 5.41) is 8.79. The minimum atomic E-state index is -0.193. The van der Waals surface area contributed by atoms with Gasteiger partial charge in [0.2, 0.25) is 11.8 Å². The van der Waals surface area contributed by atoms with Crippen molar-refractivity contribution in [1.29, 1.82) is 0 Å². The van der Waals surface area contributed by atoms with Crippen LogP contribution in [0.3, 0.4) is 0 Å². The molecule has 2 aliphatic rings. The minimum Gasteiger partial charge on any atom is -0.363 e. The van der Waals surface area contributed by atoms with Crippen LogP contribution < -0.4 is 16.0 Å². The predicted molar refractivity (Wildman–Crippen MR) is 70.6 cm³/mol. The van der Waals surface area contributed by atoms with Crippen LogP contribution in [0.1, 0.15) is 32.6 Å². The third-order valence-electron chi connectivity index (χ3n) is 3.39. The molecule has 6 heteroatoms. The summed E-state index contributed by atoms with van der Waals surface area (Å²) >= 11 is 0. The van der Waals surface area contributed by atoms with Crippen LogP contribution in [0.15, 0.2) is 0 Å². The van der Waals surface area contributed by atoms with Gasteiger partial charge in [-0.2, -0.15) is 0 Å². The summed E-state index contributed by atoms with van der Waals surface area (Å²) < 4.78 is 5.51. The summed E-state index contributed by atoms with van der Waals surface area (Å²) in [4.78, 5) is 22.9. The second-order valence-electron chi connectivity index (χ2n) is 5.64. The minimum absolute atomic E-state index is 0.0843. The van der Waals surface area contributed by atoms with Gasteiger partial charge in [-0.1, -0.05) is 0 Å². The van der Waals surface area contributed by atoms with Crippen molar-refractivity contribution in [2.75, 3.05) is 26.2 Å². The van der Waals surface area contributed by atoms with E-state index >= 15 is 0 Å². The zero-order valence-corrected chi connectivity index (χ0v) is 11.5. The van der Waals surface area contributed by atoms with E-state index in [2.05, 4.69) is 16.0 Å². The van der Waals surface area contributed by atoms with Crippen LogP contribution in [0.25, 0.3) is 0 Å². The molecule has 0 spiro atoms. The topological polar surface area (TPSA) is 79.5 Å². The summed E-state index contributed by atoms with van der Waals surface area (Å²) in [5.41, 5.74) is -0.193. The van der Waals surface area contributed by atoms with Gasteiger partial charge in [0.1, 0.15) is 6.61 Å². The second kappa shape index (κ2) is 6.34. The summed E-state index contributed by atoms with van der Waals surface area (Å²) in [5.74, 6) is -0.0308. The Morgan fingerprint density at radius 2 is 2.05 bits per heavy atom. The Morgan fingerprint density at radius 3 is 2.63 bits per heavy atom. The van der Waals surface area contributed by atoms with Crippen LogP contribution in [0, 0.1) is 0 Å². The Balaban J connectivity index is 1.45. The van der Waals surface area contributed by atoms with Gasteiger partial charge in [-0.15, -0.1) is 0 Å². The zero-order valence-electron chi connectivity index (χ0n) is 11.5. The SMILES string of the molecule is CC1(OCC(=O)NCCCC(=O)NC2CC2)CNC1.